The number of aliphatic hydroxyl groups excluding tert-OH is 2. The molecule has 2 N–H and O–H groups in total. The summed E-state index contributed by atoms with van der Waals surface area (Å²) in [6.07, 6.45) is 2.08. The lowest BCUT2D eigenvalue weighted by Gasteiger charge is -1.90. The van der Waals surface area contributed by atoms with E-state index in [4.69, 9.17) is 10.2 Å². The minimum atomic E-state index is -0.560. The van der Waals surface area contributed by atoms with Gasteiger partial charge in [0.15, 0.2) is 0 Å². The van der Waals surface area contributed by atoms with Gasteiger partial charge in [-0.15, -0.1) is 0 Å². The summed E-state index contributed by atoms with van der Waals surface area (Å²) in [6, 6.07) is 0. The van der Waals surface area contributed by atoms with Crippen LogP contribution in [0.4, 0.5) is 0 Å². The molecule has 0 amide bonds. The van der Waals surface area contributed by atoms with E-state index in [1.54, 1.807) is 0 Å². The van der Waals surface area contributed by atoms with Crippen molar-refractivity contribution >= 4 is 0 Å². The van der Waals surface area contributed by atoms with Crippen molar-refractivity contribution < 1.29 is 10.2 Å². The summed E-state index contributed by atoms with van der Waals surface area (Å²) < 4.78 is 0. The van der Waals surface area contributed by atoms with E-state index in [1.807, 2.05) is 0 Å². The smallest absolute Gasteiger partial charge is 0.0742 e. The fourth-order valence-corrected chi connectivity index (χ4v) is 0. The Bertz CT molecular complexity index is 33.9. The van der Waals surface area contributed by atoms with Gasteiger partial charge in [0, 0.05) is 0 Å². The maximum Gasteiger partial charge on any atom is 0.0742 e. The van der Waals surface area contributed by atoms with Gasteiger partial charge in [-0.05, 0) is 6.92 Å². The molecule has 0 rings (SSSR count). The van der Waals surface area contributed by atoms with Gasteiger partial charge in [0.1, 0.15) is 0 Å². The van der Waals surface area contributed by atoms with Gasteiger partial charge in [0.25, 0.3) is 0 Å². The van der Waals surface area contributed by atoms with Crippen LogP contribution in [0.15, 0.2) is 0 Å². The molecule has 2 nitrogen and oxygen atoms in total. The Hall–Kier alpha value is -0.0800. The first-order valence-electron chi connectivity index (χ1n) is 3.47. The van der Waals surface area contributed by atoms with Crippen LogP contribution < -0.4 is 0 Å². The molecular formula is C7H18O2. The second-order valence-corrected chi connectivity index (χ2v) is 2.03. The zero-order valence-corrected chi connectivity index (χ0v) is 6.59. The number of unbranched alkanes of at least 4 members (excludes halogenated alkanes) is 1. The van der Waals surface area contributed by atoms with E-state index in [2.05, 4.69) is 13.8 Å². The normalized spacial score (nSPS) is 11.7. The molecule has 0 spiro atoms. The fourth-order valence-electron chi connectivity index (χ4n) is 0. The van der Waals surface area contributed by atoms with E-state index in [-0.39, 0.29) is 6.61 Å². The van der Waals surface area contributed by atoms with Crippen molar-refractivity contribution in [3.63, 3.8) is 0 Å². The van der Waals surface area contributed by atoms with Gasteiger partial charge < -0.3 is 10.2 Å². The number of hydrogen-bond acceptors (Lipinski definition) is 2. The molecule has 0 aliphatic carbocycles. The van der Waals surface area contributed by atoms with Crippen LogP contribution in [0, 0.1) is 0 Å². The highest BCUT2D eigenvalue weighted by Gasteiger charge is 1.83. The Labute approximate surface area is 57.5 Å². The van der Waals surface area contributed by atoms with E-state index in [9.17, 15) is 0 Å². The van der Waals surface area contributed by atoms with Crippen molar-refractivity contribution in [2.24, 2.45) is 0 Å². The Morgan fingerprint density at radius 3 is 1.44 bits per heavy atom. The van der Waals surface area contributed by atoms with Crippen LogP contribution in [0.3, 0.4) is 0 Å². The highest BCUT2D eigenvalue weighted by molar-refractivity contribution is 4.34. The molecule has 0 fully saturated rings. The summed E-state index contributed by atoms with van der Waals surface area (Å²) in [7, 11) is 0. The monoisotopic (exact) mass is 134 g/mol. The second kappa shape index (κ2) is 10.8. The minimum Gasteiger partial charge on any atom is -0.394 e. The largest absolute Gasteiger partial charge is 0.394 e. The summed E-state index contributed by atoms with van der Waals surface area (Å²) in [5, 5.41) is 16.0. The first-order chi connectivity index (χ1) is 4.18. The van der Waals surface area contributed by atoms with E-state index < -0.39 is 6.10 Å². The van der Waals surface area contributed by atoms with Crippen molar-refractivity contribution in [3.8, 4) is 0 Å². The number of hydrogen-bond donors (Lipinski definition) is 2. The SMILES string of the molecule is CC(O)CO.CCCC. The zero-order valence-electron chi connectivity index (χ0n) is 6.59. The van der Waals surface area contributed by atoms with E-state index in [1.165, 1.54) is 19.8 Å². The third-order valence-corrected chi connectivity index (χ3v) is 0.764. The molecule has 0 aromatic rings. The van der Waals surface area contributed by atoms with E-state index >= 15 is 0 Å². The summed E-state index contributed by atoms with van der Waals surface area (Å²) in [6.45, 7) is 5.75. The first-order valence-corrected chi connectivity index (χ1v) is 3.47. The molecule has 0 aromatic heterocycles. The van der Waals surface area contributed by atoms with Gasteiger partial charge in [0.05, 0.1) is 12.7 Å². The summed E-state index contributed by atoms with van der Waals surface area (Å²) in [5.74, 6) is 0. The quantitative estimate of drug-likeness (QED) is 0.595. The lowest BCUT2D eigenvalue weighted by molar-refractivity contribution is 0.110. The molecule has 0 aromatic carbocycles. The Morgan fingerprint density at radius 1 is 1.22 bits per heavy atom. The van der Waals surface area contributed by atoms with Gasteiger partial charge in [-0.3, -0.25) is 0 Å². The molecule has 0 aliphatic heterocycles. The third-order valence-electron chi connectivity index (χ3n) is 0.764. The second-order valence-electron chi connectivity index (χ2n) is 2.03. The lowest BCUT2D eigenvalue weighted by atomic mass is 10.4. The van der Waals surface area contributed by atoms with Gasteiger partial charge >= 0.3 is 0 Å². The Morgan fingerprint density at radius 2 is 1.44 bits per heavy atom. The summed E-state index contributed by atoms with van der Waals surface area (Å²) >= 11 is 0. The topological polar surface area (TPSA) is 40.5 Å². The highest BCUT2D eigenvalue weighted by Crippen LogP contribution is 1.76. The molecule has 1 atom stereocenters. The molecule has 1 unspecified atom stereocenters. The molecule has 2 heteroatoms. The number of aliphatic hydroxyl groups is 2. The molecule has 9 heavy (non-hydrogen) atoms. The standard InChI is InChI=1S/C4H10.C3H8O2/c1-3-4-2;1-3(5)2-4/h3-4H2,1-2H3;3-5H,2H2,1H3. The molecule has 58 valence electrons. The molecule has 0 radical (unpaired) electrons. The highest BCUT2D eigenvalue weighted by atomic mass is 16.3. The van der Waals surface area contributed by atoms with Crippen molar-refractivity contribution in [2.45, 2.75) is 39.7 Å². The molecule has 0 aliphatic rings. The van der Waals surface area contributed by atoms with Gasteiger partial charge in [-0.2, -0.15) is 0 Å². The molecular weight excluding hydrogens is 116 g/mol. The van der Waals surface area contributed by atoms with Crippen molar-refractivity contribution in [1.82, 2.24) is 0 Å². The summed E-state index contributed by atoms with van der Waals surface area (Å²) in [5.41, 5.74) is 0. The number of rotatable bonds is 2. The summed E-state index contributed by atoms with van der Waals surface area (Å²) in [4.78, 5) is 0. The first kappa shape index (κ1) is 11.7. The average Bonchev–Trinajstić information content (AvgIpc) is 1.89. The van der Waals surface area contributed by atoms with Crippen LogP contribution >= 0.6 is 0 Å². The Kier molecular flexibility index (Phi) is 14.0. The molecule has 0 saturated heterocycles. The predicted molar refractivity (Wildman–Crippen MR) is 39.3 cm³/mol. The van der Waals surface area contributed by atoms with Gasteiger partial charge in [0.2, 0.25) is 0 Å². The van der Waals surface area contributed by atoms with Crippen molar-refractivity contribution in [1.29, 1.82) is 0 Å². The van der Waals surface area contributed by atoms with Crippen LogP contribution in [0.2, 0.25) is 0 Å². The van der Waals surface area contributed by atoms with Crippen molar-refractivity contribution in [3.05, 3.63) is 0 Å². The minimum absolute atomic E-state index is 0.139. The Balaban J connectivity index is 0. The maximum absolute atomic E-state index is 8.11. The van der Waals surface area contributed by atoms with Gasteiger partial charge in [-0.25, -0.2) is 0 Å². The molecule has 0 saturated carbocycles. The maximum atomic E-state index is 8.11. The fraction of sp³-hybridized carbons (Fsp3) is 1.00. The van der Waals surface area contributed by atoms with Crippen LogP contribution in [0.1, 0.15) is 33.6 Å². The predicted octanol–water partition coefficient (Wildman–Crippen LogP) is 1.17. The van der Waals surface area contributed by atoms with E-state index in [0.717, 1.165) is 0 Å². The van der Waals surface area contributed by atoms with Crippen LogP contribution in [-0.2, 0) is 0 Å². The lowest BCUT2D eigenvalue weighted by Crippen LogP contribution is -2.03. The van der Waals surface area contributed by atoms with Gasteiger partial charge in [-0.1, -0.05) is 26.7 Å². The van der Waals surface area contributed by atoms with Crippen LogP contribution in [0.25, 0.3) is 0 Å². The third kappa shape index (κ3) is 32.6. The van der Waals surface area contributed by atoms with Crippen LogP contribution in [-0.4, -0.2) is 22.9 Å². The average molecular weight is 134 g/mol. The molecule has 0 bridgehead atoms. The van der Waals surface area contributed by atoms with Crippen LogP contribution in [0.5, 0.6) is 0 Å². The molecule has 0 heterocycles. The van der Waals surface area contributed by atoms with Crippen molar-refractivity contribution in [2.75, 3.05) is 6.61 Å². The zero-order chi connectivity index (χ0) is 7.70. The van der Waals surface area contributed by atoms with E-state index in [0.29, 0.717) is 0 Å².